The molecule has 0 aliphatic carbocycles. The van der Waals surface area contributed by atoms with Gasteiger partial charge >= 0.3 is 0 Å². The molecule has 2 rings (SSSR count). The zero-order chi connectivity index (χ0) is 12.8. The lowest BCUT2D eigenvalue weighted by Gasteiger charge is -2.16. The molecule has 0 heterocycles. The zero-order valence-electron chi connectivity index (χ0n) is 10.8. The quantitative estimate of drug-likeness (QED) is 0.622. The summed E-state index contributed by atoms with van der Waals surface area (Å²) in [7, 11) is 0. The molecule has 94 valence electrons. The number of aryl methyl sites for hydroxylation is 2. The Balaban J connectivity index is 2.00. The first-order valence-electron chi connectivity index (χ1n) is 6.36. The van der Waals surface area contributed by atoms with E-state index in [0.717, 1.165) is 12.8 Å². The third kappa shape index (κ3) is 3.42. The van der Waals surface area contributed by atoms with Crippen molar-refractivity contribution in [2.75, 3.05) is 0 Å². The molecule has 2 heteroatoms. The van der Waals surface area contributed by atoms with Crippen molar-refractivity contribution in [3.05, 3.63) is 71.3 Å². The Hall–Kier alpha value is -1.64. The van der Waals surface area contributed by atoms with E-state index in [1.165, 1.54) is 16.7 Å². The second kappa shape index (κ2) is 6.34. The van der Waals surface area contributed by atoms with Crippen LogP contribution in [0.15, 0.2) is 54.6 Å². The summed E-state index contributed by atoms with van der Waals surface area (Å²) in [4.78, 5) is 0. The number of hydrogen-bond donors (Lipinski definition) is 2. The minimum absolute atomic E-state index is 0.215. The van der Waals surface area contributed by atoms with Crippen LogP contribution in [0.1, 0.15) is 29.2 Å². The zero-order valence-corrected chi connectivity index (χ0v) is 10.8. The van der Waals surface area contributed by atoms with Gasteiger partial charge in [-0.1, -0.05) is 60.2 Å². The molecule has 2 nitrogen and oxygen atoms in total. The number of hydrogen-bond acceptors (Lipinski definition) is 2. The van der Waals surface area contributed by atoms with Gasteiger partial charge in [0.15, 0.2) is 0 Å². The van der Waals surface area contributed by atoms with Gasteiger partial charge in [0.2, 0.25) is 0 Å². The largest absolute Gasteiger partial charge is 0.271 e. The van der Waals surface area contributed by atoms with Crippen LogP contribution in [0, 0.1) is 6.92 Å². The van der Waals surface area contributed by atoms with E-state index in [1.807, 2.05) is 18.2 Å². The Morgan fingerprint density at radius 1 is 1.06 bits per heavy atom. The van der Waals surface area contributed by atoms with E-state index in [2.05, 4.69) is 48.7 Å². The molecule has 0 fully saturated rings. The third-order valence-corrected chi connectivity index (χ3v) is 3.21. The predicted octanol–water partition coefficient (Wildman–Crippen LogP) is 3.13. The molecule has 0 radical (unpaired) electrons. The molecule has 0 aliphatic heterocycles. The van der Waals surface area contributed by atoms with Crippen LogP contribution in [0.3, 0.4) is 0 Å². The van der Waals surface area contributed by atoms with Crippen LogP contribution in [0.25, 0.3) is 0 Å². The molecule has 0 amide bonds. The first-order chi connectivity index (χ1) is 8.79. The van der Waals surface area contributed by atoms with E-state index in [4.69, 9.17) is 5.84 Å². The molecule has 2 aromatic rings. The Morgan fingerprint density at radius 2 is 1.83 bits per heavy atom. The minimum Gasteiger partial charge on any atom is -0.271 e. The maximum absolute atomic E-state index is 5.65. The minimum atomic E-state index is 0.215. The lowest BCUT2D eigenvalue weighted by molar-refractivity contribution is 0.516. The molecule has 3 N–H and O–H groups in total. The topological polar surface area (TPSA) is 38.0 Å². The summed E-state index contributed by atoms with van der Waals surface area (Å²) in [5.41, 5.74) is 6.82. The summed E-state index contributed by atoms with van der Waals surface area (Å²) < 4.78 is 0. The molecule has 1 atom stereocenters. The molecule has 1 unspecified atom stereocenters. The summed E-state index contributed by atoms with van der Waals surface area (Å²) in [6.45, 7) is 2.12. The van der Waals surface area contributed by atoms with Gasteiger partial charge in [0.25, 0.3) is 0 Å². The van der Waals surface area contributed by atoms with Crippen LogP contribution < -0.4 is 11.3 Å². The van der Waals surface area contributed by atoms with E-state index in [1.54, 1.807) is 0 Å². The van der Waals surface area contributed by atoms with Crippen molar-refractivity contribution in [2.45, 2.75) is 25.8 Å². The van der Waals surface area contributed by atoms with Gasteiger partial charge in [-0.3, -0.25) is 11.3 Å². The number of rotatable bonds is 5. The molecule has 2 aromatic carbocycles. The molecule has 0 saturated heterocycles. The molecule has 0 aromatic heterocycles. The van der Waals surface area contributed by atoms with E-state index in [0.29, 0.717) is 0 Å². The number of hydrazine groups is 1. The number of nitrogens with two attached hydrogens (primary N) is 1. The first-order valence-corrected chi connectivity index (χ1v) is 6.36. The summed E-state index contributed by atoms with van der Waals surface area (Å²) >= 11 is 0. The maximum atomic E-state index is 5.65. The molecule has 0 saturated carbocycles. The predicted molar refractivity (Wildman–Crippen MR) is 76.0 cm³/mol. The van der Waals surface area contributed by atoms with Crippen LogP contribution >= 0.6 is 0 Å². The summed E-state index contributed by atoms with van der Waals surface area (Å²) in [6.07, 6.45) is 2.04. The van der Waals surface area contributed by atoms with Crippen molar-refractivity contribution in [2.24, 2.45) is 5.84 Å². The van der Waals surface area contributed by atoms with Crippen LogP contribution in [0.4, 0.5) is 0 Å². The van der Waals surface area contributed by atoms with E-state index >= 15 is 0 Å². The van der Waals surface area contributed by atoms with Crippen molar-refractivity contribution in [3.8, 4) is 0 Å². The van der Waals surface area contributed by atoms with E-state index in [9.17, 15) is 0 Å². The maximum Gasteiger partial charge on any atom is 0.0463 e. The monoisotopic (exact) mass is 240 g/mol. The SMILES string of the molecule is Cc1cccc(CCC(NN)c2ccccc2)c1. The van der Waals surface area contributed by atoms with Gasteiger partial charge in [0.1, 0.15) is 0 Å². The Bertz CT molecular complexity index is 479. The first kappa shape index (κ1) is 12.8. The van der Waals surface area contributed by atoms with Crippen LogP contribution in [-0.4, -0.2) is 0 Å². The van der Waals surface area contributed by atoms with Crippen molar-refractivity contribution in [3.63, 3.8) is 0 Å². The smallest absolute Gasteiger partial charge is 0.0463 e. The second-order valence-corrected chi connectivity index (χ2v) is 4.66. The van der Waals surface area contributed by atoms with Crippen molar-refractivity contribution >= 4 is 0 Å². The highest BCUT2D eigenvalue weighted by Crippen LogP contribution is 2.18. The molecular weight excluding hydrogens is 220 g/mol. The third-order valence-electron chi connectivity index (χ3n) is 3.21. The van der Waals surface area contributed by atoms with Gasteiger partial charge in [-0.05, 0) is 30.9 Å². The van der Waals surface area contributed by atoms with Gasteiger partial charge in [-0.15, -0.1) is 0 Å². The van der Waals surface area contributed by atoms with Crippen molar-refractivity contribution in [1.82, 2.24) is 5.43 Å². The number of nitrogens with one attached hydrogen (secondary N) is 1. The fraction of sp³-hybridized carbons (Fsp3) is 0.250. The van der Waals surface area contributed by atoms with Gasteiger partial charge in [-0.2, -0.15) is 0 Å². The molecule has 18 heavy (non-hydrogen) atoms. The normalized spacial score (nSPS) is 12.3. The van der Waals surface area contributed by atoms with Gasteiger partial charge in [0, 0.05) is 6.04 Å². The molecule has 0 spiro atoms. The Kier molecular flexibility index (Phi) is 4.51. The fourth-order valence-corrected chi connectivity index (χ4v) is 2.21. The van der Waals surface area contributed by atoms with Crippen molar-refractivity contribution < 1.29 is 0 Å². The highest BCUT2D eigenvalue weighted by Gasteiger charge is 2.08. The number of benzene rings is 2. The Morgan fingerprint density at radius 3 is 2.50 bits per heavy atom. The highest BCUT2D eigenvalue weighted by molar-refractivity contribution is 5.23. The standard InChI is InChI=1S/C16H20N2/c1-13-6-5-7-14(12-13)10-11-16(18-17)15-8-3-2-4-9-15/h2-9,12,16,18H,10-11,17H2,1H3. The van der Waals surface area contributed by atoms with Crippen LogP contribution in [0.2, 0.25) is 0 Å². The summed E-state index contributed by atoms with van der Waals surface area (Å²) in [5.74, 6) is 5.65. The molecule has 0 aliphatic rings. The molecular formula is C16H20N2. The second-order valence-electron chi connectivity index (χ2n) is 4.66. The van der Waals surface area contributed by atoms with E-state index < -0.39 is 0 Å². The molecule has 0 bridgehead atoms. The fourth-order valence-electron chi connectivity index (χ4n) is 2.21. The lowest BCUT2D eigenvalue weighted by Crippen LogP contribution is -2.28. The Labute approximate surface area is 109 Å². The van der Waals surface area contributed by atoms with Crippen LogP contribution in [0.5, 0.6) is 0 Å². The van der Waals surface area contributed by atoms with Crippen molar-refractivity contribution in [1.29, 1.82) is 0 Å². The van der Waals surface area contributed by atoms with Gasteiger partial charge in [-0.25, -0.2) is 0 Å². The highest BCUT2D eigenvalue weighted by atomic mass is 15.2. The average Bonchev–Trinajstić information content (AvgIpc) is 2.41. The van der Waals surface area contributed by atoms with Gasteiger partial charge < -0.3 is 0 Å². The summed E-state index contributed by atoms with van der Waals surface area (Å²) in [5, 5.41) is 0. The van der Waals surface area contributed by atoms with Crippen LogP contribution in [-0.2, 0) is 6.42 Å². The summed E-state index contributed by atoms with van der Waals surface area (Å²) in [6, 6.07) is 19.2. The lowest BCUT2D eigenvalue weighted by atomic mass is 9.99. The van der Waals surface area contributed by atoms with E-state index in [-0.39, 0.29) is 6.04 Å². The van der Waals surface area contributed by atoms with Gasteiger partial charge in [0.05, 0.1) is 0 Å². The average molecular weight is 240 g/mol.